The van der Waals surface area contributed by atoms with Gasteiger partial charge in [0.15, 0.2) is 5.82 Å². The fraction of sp³-hybridized carbons (Fsp3) is 0.481. The van der Waals surface area contributed by atoms with Crippen LogP contribution in [0.25, 0.3) is 22.6 Å². The largest absolute Gasteiger partial charge is 0.491 e. The minimum Gasteiger partial charge on any atom is -0.491 e. The Kier molecular flexibility index (Phi) is 8.48. The molecule has 11 nitrogen and oxygen atoms in total. The highest BCUT2D eigenvalue weighted by Gasteiger charge is 2.30. The van der Waals surface area contributed by atoms with Crippen LogP contribution < -0.4 is 15.0 Å². The molecule has 1 aliphatic rings. The number of aromatic nitrogens is 3. The van der Waals surface area contributed by atoms with E-state index in [1.807, 2.05) is 56.0 Å². The molecule has 0 radical (unpaired) electrons. The zero-order valence-electron chi connectivity index (χ0n) is 22.9. The van der Waals surface area contributed by atoms with Crippen LogP contribution in [0.2, 0.25) is 0 Å². The van der Waals surface area contributed by atoms with Gasteiger partial charge in [0, 0.05) is 57.9 Å². The number of hydrogen-bond acceptors (Lipinski definition) is 9. The van der Waals surface area contributed by atoms with Crippen LogP contribution in [-0.4, -0.2) is 102 Å². The van der Waals surface area contributed by atoms with Crippen molar-refractivity contribution in [2.75, 3.05) is 58.8 Å². The van der Waals surface area contributed by atoms with E-state index in [9.17, 15) is 9.90 Å². The molecule has 4 rings (SSSR count). The van der Waals surface area contributed by atoms with Gasteiger partial charge in [-0.05, 0) is 40.0 Å². The van der Waals surface area contributed by atoms with E-state index < -0.39 is 6.10 Å². The number of aryl methyl sites for hydroxylation is 2. The number of rotatable bonds is 8. The normalized spacial score (nSPS) is 16.4. The molecule has 1 unspecified atom stereocenters. The molecule has 1 aromatic carbocycles. The van der Waals surface area contributed by atoms with Gasteiger partial charge in [-0.3, -0.25) is 0 Å². The number of amides is 2. The Hall–Kier alpha value is -3.70. The number of carbonyl (C=O) groups is 1. The van der Waals surface area contributed by atoms with Gasteiger partial charge >= 0.3 is 6.03 Å². The summed E-state index contributed by atoms with van der Waals surface area (Å²) in [6.45, 7) is 8.31. The molecule has 0 spiro atoms. The zero-order chi connectivity index (χ0) is 27.4. The average molecular weight is 524 g/mol. The lowest BCUT2D eigenvalue weighted by Crippen LogP contribution is -2.56. The molecule has 1 fully saturated rings. The number of urea groups is 1. The minimum absolute atomic E-state index is 0.00795. The second-order valence-corrected chi connectivity index (χ2v) is 9.85. The maximum Gasteiger partial charge on any atom is 0.319 e. The highest BCUT2D eigenvalue weighted by atomic mass is 16.5. The summed E-state index contributed by atoms with van der Waals surface area (Å²) in [4.78, 5) is 28.1. The van der Waals surface area contributed by atoms with Crippen LogP contribution in [0, 0.1) is 13.8 Å². The van der Waals surface area contributed by atoms with E-state index >= 15 is 0 Å². The number of aliphatic hydroxyl groups is 1. The number of benzene rings is 1. The maximum absolute atomic E-state index is 12.6. The average Bonchev–Trinajstić information content (AvgIpc) is 3.24. The molecule has 38 heavy (non-hydrogen) atoms. The van der Waals surface area contributed by atoms with Crippen molar-refractivity contribution in [1.29, 1.82) is 0 Å². The molecule has 2 atom stereocenters. The fourth-order valence-corrected chi connectivity index (χ4v) is 4.62. The second kappa shape index (κ2) is 11.8. The number of carbonyl (C=O) groups excluding carboxylic acids is 1. The Labute approximate surface area is 223 Å². The number of likely N-dealkylation sites (N-methyl/N-ethyl adjacent to an activating group) is 1. The summed E-state index contributed by atoms with van der Waals surface area (Å²) in [7, 11) is 5.33. The molecule has 2 N–H and O–H groups in total. The maximum atomic E-state index is 12.6. The smallest absolute Gasteiger partial charge is 0.319 e. The summed E-state index contributed by atoms with van der Waals surface area (Å²) in [5.74, 6) is 2.61. The van der Waals surface area contributed by atoms with Crippen molar-refractivity contribution in [2.45, 2.75) is 32.9 Å². The van der Waals surface area contributed by atoms with E-state index in [4.69, 9.17) is 19.2 Å². The minimum atomic E-state index is -0.616. The van der Waals surface area contributed by atoms with Gasteiger partial charge in [0.25, 0.3) is 0 Å². The highest BCUT2D eigenvalue weighted by Crippen LogP contribution is 2.32. The lowest BCUT2D eigenvalue weighted by atomic mass is 10.1. The molecule has 0 saturated carbocycles. The molecule has 3 aromatic rings. The topological polar surface area (TPSA) is 120 Å². The van der Waals surface area contributed by atoms with Gasteiger partial charge in [-0.2, -0.15) is 0 Å². The number of ether oxygens (including phenoxy) is 1. The fourth-order valence-electron chi connectivity index (χ4n) is 4.62. The van der Waals surface area contributed by atoms with E-state index in [1.54, 1.807) is 26.0 Å². The van der Waals surface area contributed by atoms with Gasteiger partial charge in [-0.15, -0.1) is 0 Å². The zero-order valence-corrected chi connectivity index (χ0v) is 22.9. The third-order valence-electron chi connectivity index (χ3n) is 6.56. The first kappa shape index (κ1) is 27.3. The first-order valence-corrected chi connectivity index (χ1v) is 12.8. The standard InChI is InChI=1S/C27H37N7O4/c1-17-15-33(10-11-34(17)27(36)32(5)6)24-13-23(25-18(2)31-38-19(25)3)29-26(30-24)20-8-7-9-22(12-20)37-16-21(35)14-28-4/h7-9,12-13,17,21,28,35H,10-11,14-16H2,1-6H3/t17-,21?/m1/s1. The van der Waals surface area contributed by atoms with Crippen LogP contribution in [0.5, 0.6) is 5.75 Å². The van der Waals surface area contributed by atoms with Crippen molar-refractivity contribution in [1.82, 2.24) is 30.2 Å². The van der Waals surface area contributed by atoms with E-state index in [2.05, 4.69) is 15.4 Å². The summed E-state index contributed by atoms with van der Waals surface area (Å²) < 4.78 is 11.2. The monoisotopic (exact) mass is 523 g/mol. The van der Waals surface area contributed by atoms with Crippen LogP contribution in [0.1, 0.15) is 18.4 Å². The predicted octanol–water partition coefficient (Wildman–Crippen LogP) is 2.57. The third-order valence-corrected chi connectivity index (χ3v) is 6.56. The Bertz CT molecular complexity index is 1240. The van der Waals surface area contributed by atoms with Crippen LogP contribution >= 0.6 is 0 Å². The van der Waals surface area contributed by atoms with Crippen molar-refractivity contribution in [3.8, 4) is 28.4 Å². The van der Waals surface area contributed by atoms with E-state index in [0.29, 0.717) is 43.5 Å². The van der Waals surface area contributed by atoms with E-state index in [0.717, 1.165) is 28.3 Å². The summed E-state index contributed by atoms with van der Waals surface area (Å²) in [5, 5.41) is 17.1. The summed E-state index contributed by atoms with van der Waals surface area (Å²) in [6.07, 6.45) is -0.616. The van der Waals surface area contributed by atoms with Crippen LogP contribution in [0.4, 0.5) is 10.6 Å². The molecule has 1 saturated heterocycles. The molecule has 11 heteroatoms. The lowest BCUT2D eigenvalue weighted by Gasteiger charge is -2.41. The Morgan fingerprint density at radius 2 is 2.05 bits per heavy atom. The molecule has 0 bridgehead atoms. The van der Waals surface area contributed by atoms with Crippen molar-refractivity contribution in [3.05, 3.63) is 41.8 Å². The number of hydrogen-bond donors (Lipinski definition) is 2. The number of piperazine rings is 1. The lowest BCUT2D eigenvalue weighted by molar-refractivity contribution is 0.108. The molecule has 3 heterocycles. The summed E-state index contributed by atoms with van der Waals surface area (Å²) in [5.41, 5.74) is 3.10. The molecular weight excluding hydrogens is 486 g/mol. The van der Waals surface area contributed by atoms with E-state index in [-0.39, 0.29) is 18.7 Å². The van der Waals surface area contributed by atoms with Crippen molar-refractivity contribution in [2.24, 2.45) is 0 Å². The molecule has 2 aromatic heterocycles. The van der Waals surface area contributed by atoms with Crippen LogP contribution in [0.15, 0.2) is 34.9 Å². The number of nitrogens with one attached hydrogen (secondary N) is 1. The van der Waals surface area contributed by atoms with E-state index in [1.165, 1.54) is 0 Å². The first-order chi connectivity index (χ1) is 18.2. The Morgan fingerprint density at radius 3 is 2.71 bits per heavy atom. The second-order valence-electron chi connectivity index (χ2n) is 9.85. The van der Waals surface area contributed by atoms with Crippen LogP contribution in [0.3, 0.4) is 0 Å². The van der Waals surface area contributed by atoms with Gasteiger partial charge < -0.3 is 34.4 Å². The van der Waals surface area contributed by atoms with Gasteiger partial charge in [0.1, 0.15) is 30.0 Å². The van der Waals surface area contributed by atoms with Crippen molar-refractivity contribution >= 4 is 11.8 Å². The van der Waals surface area contributed by atoms with Gasteiger partial charge in [0.05, 0.1) is 17.0 Å². The SMILES string of the molecule is CNCC(O)COc1cccc(-c2nc(-c3c(C)noc3C)cc(N3CCN(C(=O)N(C)C)[C@H](C)C3)n2)c1. The number of anilines is 1. The number of aliphatic hydroxyl groups excluding tert-OH is 1. The van der Waals surface area contributed by atoms with Crippen molar-refractivity contribution < 1.29 is 19.2 Å². The van der Waals surface area contributed by atoms with Gasteiger partial charge in [0.2, 0.25) is 0 Å². The molecule has 2 amide bonds. The number of nitrogens with zero attached hydrogens (tertiary/aromatic N) is 6. The Morgan fingerprint density at radius 1 is 1.26 bits per heavy atom. The first-order valence-electron chi connectivity index (χ1n) is 12.8. The molecular formula is C27H37N7O4. The molecule has 204 valence electrons. The van der Waals surface area contributed by atoms with Gasteiger partial charge in [-0.25, -0.2) is 14.8 Å². The highest BCUT2D eigenvalue weighted by molar-refractivity contribution is 5.75. The van der Waals surface area contributed by atoms with Crippen molar-refractivity contribution in [3.63, 3.8) is 0 Å². The molecule has 1 aliphatic heterocycles. The predicted molar refractivity (Wildman–Crippen MR) is 145 cm³/mol. The third kappa shape index (κ3) is 6.05. The molecule has 0 aliphatic carbocycles. The summed E-state index contributed by atoms with van der Waals surface area (Å²) >= 11 is 0. The van der Waals surface area contributed by atoms with Crippen LogP contribution in [-0.2, 0) is 0 Å². The van der Waals surface area contributed by atoms with Gasteiger partial charge in [-0.1, -0.05) is 17.3 Å². The quantitative estimate of drug-likeness (QED) is 0.459. The summed E-state index contributed by atoms with van der Waals surface area (Å²) in [6, 6.07) is 9.52. The Balaban J connectivity index is 1.68.